The van der Waals surface area contributed by atoms with E-state index >= 15 is 0 Å². The standard InChI is InChI=1S/C30H37N3O3/c1-20(23-19-31-25-12-8-6-10-22(23)25)26(32-28(35)36-29(2,3)4)27(34)33-17-15-30(16-18-33)14-13-21-9-5-7-11-24(21)30/h5-12,19-20,26,31H,13-18H2,1-4H3,(H,32,35). The maximum absolute atomic E-state index is 14.0. The van der Waals surface area contributed by atoms with Crippen molar-refractivity contribution in [3.05, 3.63) is 71.4 Å². The number of likely N-dealkylation sites (tertiary alicyclic amines) is 1. The summed E-state index contributed by atoms with van der Waals surface area (Å²) in [5.41, 5.74) is 4.47. The molecule has 2 amide bonds. The van der Waals surface area contributed by atoms with Crippen LogP contribution >= 0.6 is 0 Å². The number of H-pyrrole nitrogens is 1. The third kappa shape index (κ3) is 4.61. The number of alkyl carbamates (subject to hydrolysis) is 1. The summed E-state index contributed by atoms with van der Waals surface area (Å²) in [5, 5.41) is 4.00. The molecule has 1 aliphatic carbocycles. The third-order valence-corrected chi connectivity index (χ3v) is 8.04. The first-order valence-electron chi connectivity index (χ1n) is 13.1. The lowest BCUT2D eigenvalue weighted by molar-refractivity contribution is -0.135. The summed E-state index contributed by atoms with van der Waals surface area (Å²) >= 11 is 0. The van der Waals surface area contributed by atoms with Crippen molar-refractivity contribution in [2.45, 2.75) is 76.4 Å². The van der Waals surface area contributed by atoms with E-state index in [2.05, 4.69) is 40.6 Å². The number of amides is 2. The molecule has 2 N–H and O–H groups in total. The number of carbonyl (C=O) groups is 2. The molecule has 2 aromatic carbocycles. The zero-order valence-corrected chi connectivity index (χ0v) is 21.8. The van der Waals surface area contributed by atoms with Gasteiger partial charge in [0, 0.05) is 36.1 Å². The molecule has 0 radical (unpaired) electrons. The first-order chi connectivity index (χ1) is 17.2. The van der Waals surface area contributed by atoms with Crippen LogP contribution in [0.1, 0.15) is 69.6 Å². The van der Waals surface area contributed by atoms with Crippen molar-refractivity contribution >= 4 is 22.9 Å². The molecular formula is C30H37N3O3. The van der Waals surface area contributed by atoms with Gasteiger partial charge in [0.2, 0.25) is 5.91 Å². The van der Waals surface area contributed by atoms with Gasteiger partial charge in [-0.25, -0.2) is 4.79 Å². The molecule has 6 nitrogen and oxygen atoms in total. The van der Waals surface area contributed by atoms with Crippen LogP contribution in [-0.2, 0) is 21.4 Å². The van der Waals surface area contributed by atoms with E-state index in [0.717, 1.165) is 42.1 Å². The molecule has 2 heterocycles. The summed E-state index contributed by atoms with van der Waals surface area (Å²) in [7, 11) is 0. The number of ether oxygens (including phenoxy) is 1. The summed E-state index contributed by atoms with van der Waals surface area (Å²) in [4.78, 5) is 32.0. The number of hydrogen-bond acceptors (Lipinski definition) is 3. The van der Waals surface area contributed by atoms with Crippen molar-refractivity contribution in [3.8, 4) is 0 Å². The fraction of sp³-hybridized carbons (Fsp3) is 0.467. The molecule has 0 bridgehead atoms. The Balaban J connectivity index is 1.37. The number of hydrogen-bond donors (Lipinski definition) is 2. The van der Waals surface area contributed by atoms with Gasteiger partial charge in [0.15, 0.2) is 0 Å². The van der Waals surface area contributed by atoms with E-state index in [1.165, 1.54) is 11.1 Å². The number of piperidine rings is 1. The Labute approximate surface area is 213 Å². The number of carbonyl (C=O) groups excluding carboxylic acids is 2. The van der Waals surface area contributed by atoms with Crippen LogP contribution in [-0.4, -0.2) is 46.6 Å². The van der Waals surface area contributed by atoms with E-state index in [4.69, 9.17) is 4.74 Å². The number of aromatic nitrogens is 1. The van der Waals surface area contributed by atoms with Gasteiger partial charge in [-0.05, 0) is 74.6 Å². The second-order valence-corrected chi connectivity index (χ2v) is 11.5. The van der Waals surface area contributed by atoms with Gasteiger partial charge in [0.05, 0.1) is 0 Å². The number of nitrogens with zero attached hydrogens (tertiary/aromatic N) is 1. The SMILES string of the molecule is CC(c1c[nH]c2ccccc12)C(NC(=O)OC(C)(C)C)C(=O)N1CCC2(CCc3ccccc32)CC1. The van der Waals surface area contributed by atoms with Crippen molar-refractivity contribution in [3.63, 3.8) is 0 Å². The molecule has 190 valence electrons. The second kappa shape index (κ2) is 9.30. The van der Waals surface area contributed by atoms with Gasteiger partial charge in [0.25, 0.3) is 0 Å². The van der Waals surface area contributed by atoms with Gasteiger partial charge >= 0.3 is 6.09 Å². The molecule has 1 saturated heterocycles. The molecular weight excluding hydrogens is 450 g/mol. The average Bonchev–Trinajstić information content (AvgIpc) is 3.44. The Morgan fingerprint density at radius 2 is 1.72 bits per heavy atom. The molecule has 2 atom stereocenters. The van der Waals surface area contributed by atoms with Crippen molar-refractivity contribution in [2.75, 3.05) is 13.1 Å². The minimum atomic E-state index is -0.719. The lowest BCUT2D eigenvalue weighted by Crippen LogP contribution is -2.54. The molecule has 1 spiro atoms. The molecule has 1 aromatic heterocycles. The molecule has 36 heavy (non-hydrogen) atoms. The highest BCUT2D eigenvalue weighted by Crippen LogP contribution is 2.46. The normalized spacial score (nSPS) is 18.6. The van der Waals surface area contributed by atoms with E-state index in [1.54, 1.807) is 0 Å². The smallest absolute Gasteiger partial charge is 0.408 e. The zero-order chi connectivity index (χ0) is 25.5. The summed E-state index contributed by atoms with van der Waals surface area (Å²) in [6, 6.07) is 16.1. The largest absolute Gasteiger partial charge is 0.444 e. The highest BCUT2D eigenvalue weighted by atomic mass is 16.6. The molecule has 2 aliphatic rings. The van der Waals surface area contributed by atoms with Gasteiger partial charge < -0.3 is 19.9 Å². The second-order valence-electron chi connectivity index (χ2n) is 11.5. The van der Waals surface area contributed by atoms with Crippen LogP contribution in [0, 0.1) is 0 Å². The monoisotopic (exact) mass is 487 g/mol. The number of aryl methyl sites for hydroxylation is 1. The van der Waals surface area contributed by atoms with Crippen molar-refractivity contribution in [1.29, 1.82) is 0 Å². The zero-order valence-electron chi connectivity index (χ0n) is 21.8. The number of nitrogens with one attached hydrogen (secondary N) is 2. The Bertz CT molecular complexity index is 1260. The van der Waals surface area contributed by atoms with E-state index in [1.807, 2.05) is 57.0 Å². The van der Waals surface area contributed by atoms with E-state index in [9.17, 15) is 9.59 Å². The lowest BCUT2D eigenvalue weighted by atomic mass is 9.73. The van der Waals surface area contributed by atoms with Gasteiger partial charge in [0.1, 0.15) is 11.6 Å². The van der Waals surface area contributed by atoms with Crippen LogP contribution in [0.5, 0.6) is 0 Å². The molecule has 1 aliphatic heterocycles. The fourth-order valence-electron chi connectivity index (χ4n) is 6.12. The number of benzene rings is 2. The van der Waals surface area contributed by atoms with Crippen molar-refractivity contribution in [2.24, 2.45) is 0 Å². The number of rotatable bonds is 4. The van der Waals surface area contributed by atoms with E-state index in [-0.39, 0.29) is 17.2 Å². The molecule has 1 fully saturated rings. The van der Waals surface area contributed by atoms with Crippen molar-refractivity contribution < 1.29 is 14.3 Å². The summed E-state index contributed by atoms with van der Waals surface area (Å²) in [6.45, 7) is 8.89. The first-order valence-corrected chi connectivity index (χ1v) is 13.1. The van der Waals surface area contributed by atoms with Crippen LogP contribution in [0.25, 0.3) is 10.9 Å². The maximum Gasteiger partial charge on any atom is 0.408 e. The molecule has 6 heteroatoms. The Morgan fingerprint density at radius 1 is 1.03 bits per heavy atom. The van der Waals surface area contributed by atoms with Gasteiger partial charge in [-0.2, -0.15) is 0 Å². The van der Waals surface area contributed by atoms with Crippen LogP contribution in [0.4, 0.5) is 4.79 Å². The highest BCUT2D eigenvalue weighted by molar-refractivity contribution is 5.89. The van der Waals surface area contributed by atoms with E-state index < -0.39 is 17.7 Å². The van der Waals surface area contributed by atoms with E-state index in [0.29, 0.717) is 13.1 Å². The predicted molar refractivity (Wildman–Crippen MR) is 142 cm³/mol. The molecule has 3 aromatic rings. The number of para-hydroxylation sites is 1. The predicted octanol–water partition coefficient (Wildman–Crippen LogP) is 5.67. The quantitative estimate of drug-likeness (QED) is 0.498. The first kappa shape index (κ1) is 24.4. The average molecular weight is 488 g/mol. The van der Waals surface area contributed by atoms with Gasteiger partial charge in [-0.3, -0.25) is 4.79 Å². The van der Waals surface area contributed by atoms with Gasteiger partial charge in [-0.15, -0.1) is 0 Å². The van der Waals surface area contributed by atoms with Crippen LogP contribution in [0.3, 0.4) is 0 Å². The number of fused-ring (bicyclic) bond motifs is 3. The molecule has 2 unspecified atom stereocenters. The highest BCUT2D eigenvalue weighted by Gasteiger charge is 2.43. The Morgan fingerprint density at radius 3 is 2.47 bits per heavy atom. The van der Waals surface area contributed by atoms with Crippen LogP contribution < -0.4 is 5.32 Å². The summed E-state index contributed by atoms with van der Waals surface area (Å²) in [5.74, 6) is -0.274. The maximum atomic E-state index is 14.0. The number of aromatic amines is 1. The summed E-state index contributed by atoms with van der Waals surface area (Å²) in [6.07, 6.45) is 5.56. The third-order valence-electron chi connectivity index (χ3n) is 8.04. The van der Waals surface area contributed by atoms with Crippen molar-refractivity contribution in [1.82, 2.24) is 15.2 Å². The summed E-state index contributed by atoms with van der Waals surface area (Å²) < 4.78 is 5.55. The van der Waals surface area contributed by atoms with Crippen LogP contribution in [0.2, 0.25) is 0 Å². The van der Waals surface area contributed by atoms with Gasteiger partial charge in [-0.1, -0.05) is 49.4 Å². The minimum absolute atomic E-state index is 0.0419. The minimum Gasteiger partial charge on any atom is -0.444 e. The molecule has 0 saturated carbocycles. The Kier molecular flexibility index (Phi) is 6.31. The topological polar surface area (TPSA) is 74.4 Å². The molecule has 5 rings (SSSR count). The van der Waals surface area contributed by atoms with Crippen LogP contribution in [0.15, 0.2) is 54.7 Å². The lowest BCUT2D eigenvalue weighted by Gasteiger charge is -2.42. The fourth-order valence-corrected chi connectivity index (χ4v) is 6.12. The Hall–Kier alpha value is -3.28.